The van der Waals surface area contributed by atoms with Crippen molar-refractivity contribution in [2.24, 2.45) is 0 Å². The van der Waals surface area contributed by atoms with Crippen molar-refractivity contribution in [1.29, 1.82) is 0 Å². The van der Waals surface area contributed by atoms with Crippen LogP contribution >= 0.6 is 0 Å². The Kier molecular flexibility index (Phi) is 7.03. The van der Waals surface area contributed by atoms with Gasteiger partial charge in [0.1, 0.15) is 5.56 Å². The normalized spacial score (nSPS) is 10.8. The molecule has 1 aromatic heterocycles. The Hall–Kier alpha value is -1.60. The van der Waals surface area contributed by atoms with Crippen LogP contribution in [0.4, 0.5) is 5.82 Å². The van der Waals surface area contributed by atoms with Gasteiger partial charge in [-0.3, -0.25) is 9.89 Å². The van der Waals surface area contributed by atoms with Gasteiger partial charge in [-0.1, -0.05) is 0 Å². The molecule has 0 fully saturated rings. The van der Waals surface area contributed by atoms with E-state index in [4.69, 9.17) is 15.2 Å². The van der Waals surface area contributed by atoms with Crippen molar-refractivity contribution < 1.29 is 14.3 Å². The summed E-state index contributed by atoms with van der Waals surface area (Å²) in [5.41, 5.74) is 6.84. The van der Waals surface area contributed by atoms with E-state index >= 15 is 0 Å². The van der Waals surface area contributed by atoms with Gasteiger partial charge in [-0.15, -0.1) is 0 Å². The maximum atomic E-state index is 12.5. The Morgan fingerprint density at radius 1 is 1.25 bits per heavy atom. The summed E-state index contributed by atoms with van der Waals surface area (Å²) in [6.07, 6.45) is 0. The van der Waals surface area contributed by atoms with E-state index in [1.165, 1.54) is 0 Å². The van der Waals surface area contributed by atoms with Crippen LogP contribution in [0.2, 0.25) is 0 Å². The summed E-state index contributed by atoms with van der Waals surface area (Å²) in [6, 6.07) is 0. The molecule has 0 aliphatic rings. The van der Waals surface area contributed by atoms with E-state index in [-0.39, 0.29) is 11.7 Å². The summed E-state index contributed by atoms with van der Waals surface area (Å²) >= 11 is 0. The molecule has 1 aromatic rings. The molecule has 114 valence electrons. The van der Waals surface area contributed by atoms with Gasteiger partial charge in [-0.2, -0.15) is 5.10 Å². The lowest BCUT2D eigenvalue weighted by Gasteiger charge is -2.22. The van der Waals surface area contributed by atoms with Crippen molar-refractivity contribution in [3.05, 3.63) is 11.3 Å². The van der Waals surface area contributed by atoms with Crippen molar-refractivity contribution in [3.63, 3.8) is 0 Å². The van der Waals surface area contributed by atoms with Crippen LogP contribution in [0.25, 0.3) is 0 Å². The number of carbonyl (C=O) groups is 1. The molecule has 0 aliphatic carbocycles. The van der Waals surface area contributed by atoms with Crippen molar-refractivity contribution in [1.82, 2.24) is 15.1 Å². The minimum atomic E-state index is -0.145. The molecule has 1 amide bonds. The number of rotatable bonds is 9. The number of anilines is 1. The molecule has 0 aromatic carbocycles. The fourth-order valence-electron chi connectivity index (χ4n) is 1.83. The number of hydrogen-bond donors (Lipinski definition) is 2. The second-order valence-corrected chi connectivity index (χ2v) is 4.29. The number of nitrogen functional groups attached to an aromatic ring is 1. The summed E-state index contributed by atoms with van der Waals surface area (Å²) in [5, 5.41) is 6.58. The fraction of sp³-hybridized carbons (Fsp3) is 0.692. The monoisotopic (exact) mass is 284 g/mol. The van der Waals surface area contributed by atoms with Gasteiger partial charge in [0.25, 0.3) is 5.91 Å². The molecule has 0 spiro atoms. The maximum absolute atomic E-state index is 12.5. The van der Waals surface area contributed by atoms with Gasteiger partial charge in [-0.05, 0) is 20.8 Å². The molecule has 7 nitrogen and oxygen atoms in total. The fourth-order valence-corrected chi connectivity index (χ4v) is 1.83. The number of aromatic nitrogens is 2. The summed E-state index contributed by atoms with van der Waals surface area (Å²) in [6.45, 7) is 8.86. The Morgan fingerprint density at radius 2 is 1.80 bits per heavy atom. The number of nitrogens with zero attached hydrogens (tertiary/aromatic N) is 2. The topological polar surface area (TPSA) is 93.5 Å². The summed E-state index contributed by atoms with van der Waals surface area (Å²) < 4.78 is 10.6. The highest BCUT2D eigenvalue weighted by atomic mass is 16.5. The highest BCUT2D eigenvalue weighted by Crippen LogP contribution is 2.15. The second-order valence-electron chi connectivity index (χ2n) is 4.29. The largest absolute Gasteiger partial charge is 0.382 e. The van der Waals surface area contributed by atoms with E-state index < -0.39 is 0 Å². The molecule has 1 heterocycles. The molecule has 0 saturated carbocycles. The molecule has 0 saturated heterocycles. The van der Waals surface area contributed by atoms with Crippen LogP contribution in [0.5, 0.6) is 0 Å². The van der Waals surface area contributed by atoms with E-state index in [0.29, 0.717) is 50.8 Å². The molecule has 1 rings (SSSR count). The van der Waals surface area contributed by atoms with E-state index in [2.05, 4.69) is 10.2 Å². The number of aryl methyl sites for hydroxylation is 1. The van der Waals surface area contributed by atoms with E-state index in [0.717, 1.165) is 0 Å². The molecule has 0 radical (unpaired) electrons. The summed E-state index contributed by atoms with van der Waals surface area (Å²) in [7, 11) is 0. The lowest BCUT2D eigenvalue weighted by Crippen LogP contribution is -2.37. The number of nitrogens with one attached hydrogen (secondary N) is 1. The van der Waals surface area contributed by atoms with Crippen LogP contribution in [0.1, 0.15) is 29.9 Å². The van der Waals surface area contributed by atoms with Crippen LogP contribution in [0.15, 0.2) is 0 Å². The van der Waals surface area contributed by atoms with E-state index in [1.54, 1.807) is 11.8 Å². The van der Waals surface area contributed by atoms with E-state index in [1.807, 2.05) is 13.8 Å². The van der Waals surface area contributed by atoms with Crippen molar-refractivity contribution >= 4 is 11.7 Å². The smallest absolute Gasteiger partial charge is 0.259 e. The number of hydrogen-bond acceptors (Lipinski definition) is 5. The average Bonchev–Trinajstić information content (AvgIpc) is 2.76. The highest BCUT2D eigenvalue weighted by Gasteiger charge is 2.22. The number of aromatic amines is 1. The predicted molar refractivity (Wildman–Crippen MR) is 76.6 cm³/mol. The highest BCUT2D eigenvalue weighted by molar-refractivity contribution is 5.99. The summed E-state index contributed by atoms with van der Waals surface area (Å²) in [5.74, 6) is 0.0819. The molecule has 0 bridgehead atoms. The zero-order valence-corrected chi connectivity index (χ0v) is 12.4. The molecule has 3 N–H and O–H groups in total. The first-order chi connectivity index (χ1) is 9.61. The molecular formula is C13H24N4O3. The minimum absolute atomic E-state index is 0.145. The Labute approximate surface area is 119 Å². The number of nitrogens with two attached hydrogens (primary N) is 1. The first kappa shape index (κ1) is 16.5. The van der Waals surface area contributed by atoms with E-state index in [9.17, 15) is 4.79 Å². The van der Waals surface area contributed by atoms with Crippen LogP contribution in [0, 0.1) is 6.92 Å². The van der Waals surface area contributed by atoms with Gasteiger partial charge in [0, 0.05) is 32.0 Å². The number of carbonyl (C=O) groups excluding carboxylic acids is 1. The molecule has 0 unspecified atom stereocenters. The third-order valence-electron chi connectivity index (χ3n) is 2.90. The first-order valence-corrected chi connectivity index (χ1v) is 6.86. The average molecular weight is 284 g/mol. The molecule has 20 heavy (non-hydrogen) atoms. The van der Waals surface area contributed by atoms with Crippen LogP contribution in [-0.4, -0.2) is 60.5 Å². The maximum Gasteiger partial charge on any atom is 0.259 e. The van der Waals surface area contributed by atoms with Gasteiger partial charge in [0.05, 0.1) is 13.2 Å². The van der Waals surface area contributed by atoms with Crippen molar-refractivity contribution in [3.8, 4) is 0 Å². The van der Waals surface area contributed by atoms with Crippen molar-refractivity contribution in [2.45, 2.75) is 20.8 Å². The lowest BCUT2D eigenvalue weighted by molar-refractivity contribution is 0.0550. The lowest BCUT2D eigenvalue weighted by atomic mass is 10.2. The predicted octanol–water partition coefficient (Wildman–Crippen LogP) is 0.816. The Morgan fingerprint density at radius 3 is 2.20 bits per heavy atom. The van der Waals surface area contributed by atoms with Gasteiger partial charge < -0.3 is 20.1 Å². The van der Waals surface area contributed by atoms with Crippen LogP contribution < -0.4 is 5.73 Å². The van der Waals surface area contributed by atoms with Crippen LogP contribution in [-0.2, 0) is 9.47 Å². The molecular weight excluding hydrogens is 260 g/mol. The summed E-state index contributed by atoms with van der Waals surface area (Å²) in [4.78, 5) is 14.2. The number of ether oxygens (including phenoxy) is 2. The van der Waals surface area contributed by atoms with Crippen LogP contribution in [0.3, 0.4) is 0 Å². The van der Waals surface area contributed by atoms with Gasteiger partial charge in [0.15, 0.2) is 5.82 Å². The molecule has 0 aliphatic heterocycles. The zero-order chi connectivity index (χ0) is 15.0. The molecule has 0 atom stereocenters. The number of amides is 1. The third-order valence-corrected chi connectivity index (χ3v) is 2.90. The van der Waals surface area contributed by atoms with Gasteiger partial charge >= 0.3 is 0 Å². The Balaban J connectivity index is 2.72. The Bertz CT molecular complexity index is 390. The van der Waals surface area contributed by atoms with Gasteiger partial charge in [-0.25, -0.2) is 0 Å². The third kappa shape index (κ3) is 4.50. The van der Waals surface area contributed by atoms with Crippen molar-refractivity contribution in [2.75, 3.05) is 45.3 Å². The SMILES string of the molecule is CCOCCN(CCOCC)C(=O)c1c(N)n[nH]c1C. The van der Waals surface area contributed by atoms with Gasteiger partial charge in [0.2, 0.25) is 0 Å². The second kappa shape index (κ2) is 8.55. The quantitative estimate of drug-likeness (QED) is 0.655. The minimum Gasteiger partial charge on any atom is -0.382 e. The zero-order valence-electron chi connectivity index (χ0n) is 12.4. The number of H-pyrrole nitrogens is 1. The first-order valence-electron chi connectivity index (χ1n) is 6.86. The molecule has 7 heteroatoms. The standard InChI is InChI=1S/C13H24N4O3/c1-4-19-8-6-17(7-9-20-5-2)13(18)11-10(3)15-16-12(11)14/h4-9H2,1-3H3,(H3,14,15,16).